The number of hydrogen-bond acceptors (Lipinski definition) is 5. The van der Waals surface area contributed by atoms with Gasteiger partial charge in [-0.25, -0.2) is 0 Å². The quantitative estimate of drug-likeness (QED) is 0.412. The number of nitrogens with one attached hydrogen (secondary N) is 1. The Labute approximate surface area is 207 Å². The number of nitrogens with zero attached hydrogens (tertiary/aromatic N) is 2. The van der Waals surface area contributed by atoms with Gasteiger partial charge in [-0.2, -0.15) is 5.26 Å². The van der Waals surface area contributed by atoms with E-state index in [1.807, 2.05) is 12.1 Å². The van der Waals surface area contributed by atoms with E-state index < -0.39 is 5.92 Å². The third kappa shape index (κ3) is 4.16. The molecule has 6 nitrogen and oxygen atoms in total. The van der Waals surface area contributed by atoms with E-state index in [0.717, 1.165) is 44.6 Å². The van der Waals surface area contributed by atoms with Crippen molar-refractivity contribution in [2.75, 3.05) is 0 Å². The molecule has 1 aliphatic rings. The molecular formula is C29H34N4O2. The van der Waals surface area contributed by atoms with Crippen molar-refractivity contribution in [2.45, 2.75) is 72.1 Å². The molecule has 0 fully saturated rings. The average Bonchev–Trinajstić information content (AvgIpc) is 3.14. The number of aromatic hydroxyl groups is 1. The van der Waals surface area contributed by atoms with Crippen LogP contribution in [-0.4, -0.2) is 15.3 Å². The lowest BCUT2D eigenvalue weighted by atomic mass is 9.74. The number of fused-ring (bicyclic) bond motifs is 1. The minimum Gasteiger partial charge on any atom is -0.507 e. The Bertz CT molecular complexity index is 1360. The molecule has 0 radical (unpaired) electrons. The van der Waals surface area contributed by atoms with Crippen LogP contribution in [-0.2, 0) is 10.8 Å². The highest BCUT2D eigenvalue weighted by Gasteiger charge is 2.38. The summed E-state index contributed by atoms with van der Waals surface area (Å²) in [5.74, 6) is 0.204. The highest BCUT2D eigenvalue weighted by atomic mass is 16.5. The Hall–Kier alpha value is -3.72. The van der Waals surface area contributed by atoms with Gasteiger partial charge in [-0.05, 0) is 46.9 Å². The molecule has 1 atom stereocenters. The number of phenols is 1. The van der Waals surface area contributed by atoms with Crippen LogP contribution in [0.5, 0.6) is 11.6 Å². The van der Waals surface area contributed by atoms with Gasteiger partial charge in [0, 0.05) is 5.56 Å². The summed E-state index contributed by atoms with van der Waals surface area (Å²) in [4.78, 5) is 0. The maximum absolute atomic E-state index is 11.3. The van der Waals surface area contributed by atoms with Gasteiger partial charge in [-0.1, -0.05) is 77.4 Å². The van der Waals surface area contributed by atoms with Crippen molar-refractivity contribution >= 4 is 0 Å². The van der Waals surface area contributed by atoms with E-state index in [0.29, 0.717) is 17.2 Å². The summed E-state index contributed by atoms with van der Waals surface area (Å²) in [5, 5.41) is 29.0. The molecule has 2 heterocycles. The van der Waals surface area contributed by atoms with E-state index in [2.05, 4.69) is 89.9 Å². The first-order valence-electron chi connectivity index (χ1n) is 11.9. The van der Waals surface area contributed by atoms with Gasteiger partial charge in [-0.3, -0.25) is 5.10 Å². The van der Waals surface area contributed by atoms with Crippen molar-refractivity contribution in [1.82, 2.24) is 10.2 Å². The zero-order chi connectivity index (χ0) is 25.9. The van der Waals surface area contributed by atoms with Crippen molar-refractivity contribution < 1.29 is 9.84 Å². The van der Waals surface area contributed by atoms with Crippen LogP contribution in [0.2, 0.25) is 0 Å². The van der Waals surface area contributed by atoms with Crippen molar-refractivity contribution in [3.05, 3.63) is 75.2 Å². The first kappa shape index (κ1) is 24.4. The maximum Gasteiger partial charge on any atom is 0.244 e. The first-order valence-corrected chi connectivity index (χ1v) is 11.9. The fourth-order valence-corrected chi connectivity index (χ4v) is 4.84. The van der Waals surface area contributed by atoms with Crippen LogP contribution in [0.25, 0.3) is 11.3 Å². The molecule has 4 N–H and O–H groups in total. The monoisotopic (exact) mass is 470 g/mol. The Morgan fingerprint density at radius 2 is 1.63 bits per heavy atom. The summed E-state index contributed by atoms with van der Waals surface area (Å²) in [5.41, 5.74) is 13.3. The van der Waals surface area contributed by atoms with E-state index in [1.54, 1.807) is 0 Å². The Balaban J connectivity index is 2.06. The second kappa shape index (κ2) is 8.20. The molecule has 182 valence electrons. The SMILES string of the molecule is Cc1ccc(-c2[nH]nc3c2[C@H](c2cc(C(C)(C)C)c(O)c(C(C)(C)C)c2)C(C#N)=C(N)O3)c(C)c1. The number of aromatic nitrogens is 2. The molecule has 0 saturated heterocycles. The molecular weight excluding hydrogens is 436 g/mol. The predicted octanol–water partition coefficient (Wildman–Crippen LogP) is 6.21. The van der Waals surface area contributed by atoms with Crippen molar-refractivity contribution in [3.8, 4) is 29.0 Å². The second-order valence-corrected chi connectivity index (χ2v) is 11.5. The number of allylic oxidation sites excluding steroid dienone is 1. The molecule has 2 aromatic carbocycles. The average molecular weight is 471 g/mol. The molecule has 35 heavy (non-hydrogen) atoms. The van der Waals surface area contributed by atoms with Gasteiger partial charge in [0.25, 0.3) is 0 Å². The van der Waals surface area contributed by atoms with Gasteiger partial charge < -0.3 is 15.6 Å². The number of ether oxygens (including phenoxy) is 1. The summed E-state index contributed by atoms with van der Waals surface area (Å²) < 4.78 is 5.81. The van der Waals surface area contributed by atoms with Crippen LogP contribution in [0.4, 0.5) is 0 Å². The molecule has 3 aromatic rings. The number of benzene rings is 2. The number of nitriles is 1. The lowest BCUT2D eigenvalue weighted by molar-refractivity contribution is 0.378. The Morgan fingerprint density at radius 1 is 1.03 bits per heavy atom. The van der Waals surface area contributed by atoms with Crippen molar-refractivity contribution in [1.29, 1.82) is 5.26 Å². The minimum atomic E-state index is -0.499. The number of aromatic amines is 1. The predicted molar refractivity (Wildman–Crippen MR) is 138 cm³/mol. The summed E-state index contributed by atoms with van der Waals surface area (Å²) in [6.45, 7) is 16.5. The van der Waals surface area contributed by atoms with Crippen LogP contribution in [0.3, 0.4) is 0 Å². The molecule has 1 aliphatic heterocycles. The lowest BCUT2D eigenvalue weighted by Gasteiger charge is -2.31. The molecule has 0 aliphatic carbocycles. The normalized spacial score (nSPS) is 16.0. The number of aryl methyl sites for hydroxylation is 2. The molecule has 4 rings (SSSR count). The summed E-state index contributed by atoms with van der Waals surface area (Å²) in [6.07, 6.45) is 0. The van der Waals surface area contributed by atoms with Crippen molar-refractivity contribution in [3.63, 3.8) is 0 Å². The molecule has 1 aromatic heterocycles. The number of nitrogens with two attached hydrogens (primary N) is 1. The van der Waals surface area contributed by atoms with E-state index in [1.165, 1.54) is 0 Å². The molecule has 0 bridgehead atoms. The number of H-pyrrole nitrogens is 1. The van der Waals surface area contributed by atoms with E-state index in [9.17, 15) is 10.4 Å². The first-order chi connectivity index (χ1) is 16.2. The highest BCUT2D eigenvalue weighted by molar-refractivity contribution is 5.73. The van der Waals surface area contributed by atoms with Crippen LogP contribution >= 0.6 is 0 Å². The van der Waals surface area contributed by atoms with Crippen LogP contribution < -0.4 is 10.5 Å². The van der Waals surface area contributed by atoms with Crippen LogP contribution in [0.1, 0.15) is 80.8 Å². The minimum absolute atomic E-state index is 0.0476. The molecule has 0 spiro atoms. The largest absolute Gasteiger partial charge is 0.507 e. The Kier molecular flexibility index (Phi) is 5.72. The van der Waals surface area contributed by atoms with E-state index in [-0.39, 0.29) is 16.7 Å². The second-order valence-electron chi connectivity index (χ2n) is 11.5. The van der Waals surface area contributed by atoms with Crippen LogP contribution in [0, 0.1) is 25.2 Å². The maximum atomic E-state index is 11.3. The van der Waals surface area contributed by atoms with Gasteiger partial charge in [0.2, 0.25) is 11.8 Å². The van der Waals surface area contributed by atoms with Crippen molar-refractivity contribution in [2.24, 2.45) is 5.73 Å². The molecule has 0 unspecified atom stereocenters. The van der Waals surface area contributed by atoms with Gasteiger partial charge in [0.15, 0.2) is 0 Å². The third-order valence-electron chi connectivity index (χ3n) is 6.67. The van der Waals surface area contributed by atoms with Gasteiger partial charge in [0.05, 0.1) is 17.2 Å². The van der Waals surface area contributed by atoms with Crippen LogP contribution in [0.15, 0.2) is 41.8 Å². The lowest BCUT2D eigenvalue weighted by Crippen LogP contribution is -2.23. The molecule has 6 heteroatoms. The number of hydrogen-bond donors (Lipinski definition) is 3. The van der Waals surface area contributed by atoms with E-state index >= 15 is 0 Å². The van der Waals surface area contributed by atoms with Gasteiger partial charge in [0.1, 0.15) is 17.4 Å². The Morgan fingerprint density at radius 3 is 2.14 bits per heavy atom. The number of rotatable bonds is 2. The fraction of sp³-hybridized carbons (Fsp3) is 0.379. The van der Waals surface area contributed by atoms with Gasteiger partial charge >= 0.3 is 0 Å². The summed E-state index contributed by atoms with van der Waals surface area (Å²) >= 11 is 0. The zero-order valence-corrected chi connectivity index (χ0v) is 21.8. The molecule has 0 amide bonds. The highest BCUT2D eigenvalue weighted by Crippen LogP contribution is 2.49. The summed E-state index contributed by atoms with van der Waals surface area (Å²) in [7, 11) is 0. The smallest absolute Gasteiger partial charge is 0.244 e. The fourth-order valence-electron chi connectivity index (χ4n) is 4.84. The molecule has 0 saturated carbocycles. The topological polar surface area (TPSA) is 108 Å². The van der Waals surface area contributed by atoms with E-state index in [4.69, 9.17) is 10.5 Å². The number of phenolic OH excluding ortho intramolecular Hbond substituents is 1. The standard InChI is InChI=1S/C29H34N4O2/c1-15-9-10-18(16(2)11-15)24-23-22(19(14-30)26(31)35-27(23)33-32-24)17-12-20(28(3,4)5)25(34)21(13-17)29(6,7)8/h9-13,22,34H,31H2,1-8H3,(H,32,33)/t22-/m1/s1. The van der Waals surface area contributed by atoms with Gasteiger partial charge in [-0.15, -0.1) is 5.10 Å². The summed E-state index contributed by atoms with van der Waals surface area (Å²) in [6, 6.07) is 12.5. The zero-order valence-electron chi connectivity index (χ0n) is 21.8. The third-order valence-corrected chi connectivity index (χ3v) is 6.67.